The van der Waals surface area contributed by atoms with Crippen LogP contribution in [0.25, 0.3) is 0 Å². The Bertz CT molecular complexity index is 1030. The number of aromatic nitrogens is 4. The molecule has 2 N–H and O–H groups in total. The van der Waals surface area contributed by atoms with E-state index in [1.54, 1.807) is 7.11 Å². The molecule has 2 atom stereocenters. The van der Waals surface area contributed by atoms with Crippen LogP contribution in [0.2, 0.25) is 0 Å². The van der Waals surface area contributed by atoms with Gasteiger partial charge in [0.25, 0.3) is 0 Å². The Morgan fingerprint density at radius 2 is 2.00 bits per heavy atom. The van der Waals surface area contributed by atoms with E-state index in [2.05, 4.69) is 25.6 Å². The lowest BCUT2D eigenvalue weighted by Crippen LogP contribution is -2.53. The summed E-state index contributed by atoms with van der Waals surface area (Å²) in [5.41, 5.74) is 0.301. The van der Waals surface area contributed by atoms with Gasteiger partial charge in [0.2, 0.25) is 5.91 Å². The minimum absolute atomic E-state index is 0.105. The fourth-order valence-corrected chi connectivity index (χ4v) is 4.31. The Morgan fingerprint density at radius 1 is 1.27 bits per heavy atom. The predicted octanol–water partition coefficient (Wildman–Crippen LogP) is 2.82. The summed E-state index contributed by atoms with van der Waals surface area (Å²) in [6.07, 6.45) is -0.678. The Hall–Kier alpha value is -3.02. The van der Waals surface area contributed by atoms with Crippen molar-refractivity contribution in [1.82, 2.24) is 19.9 Å². The Labute approximate surface area is 189 Å². The summed E-state index contributed by atoms with van der Waals surface area (Å²) < 4.78 is 43.2. The van der Waals surface area contributed by atoms with Gasteiger partial charge in [-0.1, -0.05) is 0 Å². The Balaban J connectivity index is 1.38. The molecule has 0 aromatic carbocycles. The van der Waals surface area contributed by atoms with E-state index in [-0.39, 0.29) is 18.1 Å². The first-order valence-corrected chi connectivity index (χ1v) is 10.7. The van der Waals surface area contributed by atoms with Crippen LogP contribution in [0, 0.1) is 12.8 Å². The predicted molar refractivity (Wildman–Crippen MR) is 115 cm³/mol. The normalized spacial score (nSPS) is 23.4. The van der Waals surface area contributed by atoms with Gasteiger partial charge in [0, 0.05) is 26.6 Å². The van der Waals surface area contributed by atoms with Crippen molar-refractivity contribution in [3.8, 4) is 0 Å². The highest BCUT2D eigenvalue weighted by molar-refractivity contribution is 6.03. The summed E-state index contributed by atoms with van der Waals surface area (Å²) in [5, 5.41) is 6.02. The Kier molecular flexibility index (Phi) is 6.12. The molecule has 1 amide bonds. The van der Waals surface area contributed by atoms with E-state index in [0.717, 1.165) is 25.2 Å². The monoisotopic (exact) mass is 465 g/mol. The summed E-state index contributed by atoms with van der Waals surface area (Å²) >= 11 is 0. The topological polar surface area (TPSA) is 105 Å². The van der Waals surface area contributed by atoms with Crippen molar-refractivity contribution in [2.24, 2.45) is 5.92 Å². The van der Waals surface area contributed by atoms with Gasteiger partial charge in [-0.05, 0) is 32.6 Å². The maximum atomic E-state index is 12.6. The summed E-state index contributed by atoms with van der Waals surface area (Å²) in [6.45, 7) is 3.68. The average molecular weight is 465 g/mol. The van der Waals surface area contributed by atoms with Crippen molar-refractivity contribution < 1.29 is 22.7 Å². The second kappa shape index (κ2) is 8.73. The quantitative estimate of drug-likeness (QED) is 0.671. The number of halogens is 3. The molecule has 3 heterocycles. The molecule has 178 valence electrons. The number of anilines is 3. The first kappa shape index (κ1) is 23.1. The minimum Gasteiger partial charge on any atom is -0.379 e. The second-order valence-electron chi connectivity index (χ2n) is 8.58. The summed E-state index contributed by atoms with van der Waals surface area (Å²) in [7, 11) is 3.39. The van der Waals surface area contributed by atoms with Gasteiger partial charge in [-0.2, -0.15) is 13.2 Å². The lowest BCUT2D eigenvalue weighted by atomic mass is 9.78. The summed E-state index contributed by atoms with van der Waals surface area (Å²) in [4.78, 5) is 30.9. The molecular formula is C21H26F3N7O2. The van der Waals surface area contributed by atoms with Gasteiger partial charge in [0.05, 0.1) is 24.2 Å². The summed E-state index contributed by atoms with van der Waals surface area (Å²) in [5.74, 6) is 1.86. The molecule has 1 fully saturated rings. The Morgan fingerprint density at radius 3 is 2.61 bits per heavy atom. The maximum Gasteiger partial charge on any atom is 0.434 e. The lowest BCUT2D eigenvalue weighted by Gasteiger charge is -2.38. The molecule has 0 unspecified atom stereocenters. The molecule has 0 bridgehead atoms. The van der Waals surface area contributed by atoms with Gasteiger partial charge in [0.15, 0.2) is 11.5 Å². The summed E-state index contributed by atoms with van der Waals surface area (Å²) in [6, 6.07) is -0.388. The van der Waals surface area contributed by atoms with Crippen molar-refractivity contribution in [2.75, 3.05) is 29.7 Å². The van der Waals surface area contributed by atoms with E-state index < -0.39 is 17.9 Å². The van der Waals surface area contributed by atoms with Crippen molar-refractivity contribution >= 4 is 23.2 Å². The van der Waals surface area contributed by atoms with Crippen LogP contribution >= 0.6 is 0 Å². The van der Waals surface area contributed by atoms with Gasteiger partial charge in [-0.3, -0.25) is 4.79 Å². The molecule has 9 nitrogen and oxygen atoms in total. The molecule has 4 rings (SSSR count). The van der Waals surface area contributed by atoms with Crippen LogP contribution in [-0.4, -0.2) is 58.2 Å². The molecule has 33 heavy (non-hydrogen) atoms. The number of ether oxygens (including phenoxy) is 1. The average Bonchev–Trinajstić information content (AvgIpc) is 2.72. The number of hydrogen-bond acceptors (Lipinski definition) is 8. The highest BCUT2D eigenvalue weighted by Gasteiger charge is 2.38. The maximum absolute atomic E-state index is 12.6. The highest BCUT2D eigenvalue weighted by Crippen LogP contribution is 2.36. The number of carbonyl (C=O) groups excluding carboxylic acids is 1. The van der Waals surface area contributed by atoms with Crippen LogP contribution in [0.5, 0.6) is 0 Å². The van der Waals surface area contributed by atoms with Crippen LogP contribution in [-0.2, 0) is 22.1 Å². The number of carbonyl (C=O) groups is 1. The SMILES string of the molecule is CO[C@H](C)[C@H]1C(=O)Nc2c(C)nc(CC3CC(Nc4cnc(C(F)(F)F)cn4)C3)nc2N1C. The standard InChI is InChI=1S/C21H26F3N7O2/c1-10-17-19(31(3)18(11(2)33-4)20(32)30-17)29-15(27-10)7-12-5-13(6-12)28-16-9-25-14(8-26-16)21(22,23)24/h8-9,11-13,18H,5-7H2,1-4H3,(H,26,28)(H,30,32)/t11-,12?,13?,18+/m1/s1. The molecule has 1 aliphatic carbocycles. The number of nitrogens with one attached hydrogen (secondary N) is 2. The van der Waals surface area contributed by atoms with Crippen LogP contribution in [0.3, 0.4) is 0 Å². The zero-order valence-electron chi connectivity index (χ0n) is 18.8. The number of nitrogens with zero attached hydrogens (tertiary/aromatic N) is 5. The van der Waals surface area contributed by atoms with E-state index in [1.807, 2.05) is 25.8 Å². The zero-order chi connectivity index (χ0) is 23.9. The number of hydrogen-bond donors (Lipinski definition) is 2. The molecule has 0 saturated heterocycles. The fourth-order valence-electron chi connectivity index (χ4n) is 4.31. The second-order valence-corrected chi connectivity index (χ2v) is 8.58. The van der Waals surface area contributed by atoms with E-state index in [9.17, 15) is 18.0 Å². The molecule has 0 spiro atoms. The molecule has 2 aliphatic rings. The molecule has 2 aromatic rings. The lowest BCUT2D eigenvalue weighted by molar-refractivity contribution is -0.141. The molecule has 12 heteroatoms. The van der Waals surface area contributed by atoms with Gasteiger partial charge in [-0.15, -0.1) is 0 Å². The van der Waals surface area contributed by atoms with E-state index in [4.69, 9.17) is 9.72 Å². The van der Waals surface area contributed by atoms with Crippen molar-refractivity contribution in [3.05, 3.63) is 29.6 Å². The fraction of sp³-hybridized carbons (Fsp3) is 0.571. The molecular weight excluding hydrogens is 439 g/mol. The highest BCUT2D eigenvalue weighted by atomic mass is 19.4. The van der Waals surface area contributed by atoms with Crippen molar-refractivity contribution in [1.29, 1.82) is 0 Å². The molecule has 2 aromatic heterocycles. The van der Waals surface area contributed by atoms with E-state index in [1.165, 1.54) is 0 Å². The van der Waals surface area contributed by atoms with Gasteiger partial charge >= 0.3 is 6.18 Å². The van der Waals surface area contributed by atoms with Gasteiger partial charge in [-0.25, -0.2) is 19.9 Å². The van der Waals surface area contributed by atoms with E-state index in [0.29, 0.717) is 41.2 Å². The number of methoxy groups -OCH3 is 1. The van der Waals surface area contributed by atoms with Crippen molar-refractivity contribution in [3.63, 3.8) is 0 Å². The number of likely N-dealkylation sites (N-methyl/N-ethyl adjacent to an activating group) is 1. The molecule has 0 radical (unpaired) electrons. The number of alkyl halides is 3. The number of amides is 1. The first-order chi connectivity index (χ1) is 15.6. The van der Waals surface area contributed by atoms with Crippen LogP contribution in [0.15, 0.2) is 12.4 Å². The molecule has 1 aliphatic heterocycles. The third-order valence-corrected chi connectivity index (χ3v) is 6.20. The third-order valence-electron chi connectivity index (χ3n) is 6.20. The van der Waals surface area contributed by atoms with Gasteiger partial charge < -0.3 is 20.3 Å². The number of fused-ring (bicyclic) bond motifs is 1. The zero-order valence-corrected chi connectivity index (χ0v) is 18.8. The number of rotatable bonds is 6. The first-order valence-electron chi connectivity index (χ1n) is 10.7. The number of aryl methyl sites for hydroxylation is 1. The largest absolute Gasteiger partial charge is 0.434 e. The third kappa shape index (κ3) is 4.70. The van der Waals surface area contributed by atoms with Crippen molar-refractivity contribution in [2.45, 2.75) is 57.5 Å². The minimum atomic E-state index is -4.50. The molecule has 1 saturated carbocycles. The van der Waals surface area contributed by atoms with Crippen LogP contribution in [0.4, 0.5) is 30.5 Å². The van der Waals surface area contributed by atoms with Crippen LogP contribution < -0.4 is 15.5 Å². The smallest absolute Gasteiger partial charge is 0.379 e. The van der Waals surface area contributed by atoms with E-state index >= 15 is 0 Å². The van der Waals surface area contributed by atoms with Crippen LogP contribution in [0.1, 0.15) is 37.0 Å². The van der Waals surface area contributed by atoms with Gasteiger partial charge in [0.1, 0.15) is 23.4 Å².